The second-order valence-electron chi connectivity index (χ2n) is 1.71. The molecule has 0 saturated heterocycles. The van der Waals surface area contributed by atoms with Crippen LogP contribution in [-0.2, 0) is 9.59 Å². The van der Waals surface area contributed by atoms with Crippen LogP contribution in [0, 0.1) is 0 Å². The summed E-state index contributed by atoms with van der Waals surface area (Å²) < 4.78 is -0.825. The molecule has 0 aliphatic carbocycles. The average Bonchev–Trinajstić information content (AvgIpc) is 1.86. The first-order valence-corrected chi connectivity index (χ1v) is 4.35. The third kappa shape index (κ3) is 6.05. The van der Waals surface area contributed by atoms with Gasteiger partial charge < -0.3 is 10.2 Å². The molecule has 0 aliphatic rings. The maximum absolute atomic E-state index is 10.1. The summed E-state index contributed by atoms with van der Waals surface area (Å²) in [5.41, 5.74) is 0. The predicted octanol–water partition coefficient (Wildman–Crippen LogP) is 0.535. The van der Waals surface area contributed by atoms with Gasteiger partial charge in [0.15, 0.2) is 0 Å². The molecule has 0 aliphatic heterocycles. The molecule has 0 heterocycles. The van der Waals surface area contributed by atoms with E-state index in [-0.39, 0.29) is 12.2 Å². The zero-order chi connectivity index (χ0) is 8.85. The van der Waals surface area contributed by atoms with Gasteiger partial charge in [0.05, 0.1) is 6.42 Å². The van der Waals surface area contributed by atoms with E-state index < -0.39 is 16.5 Å². The van der Waals surface area contributed by atoms with Crippen molar-refractivity contribution in [3.8, 4) is 0 Å². The SMILES string of the molecule is O=C(O)CCSC(S)C(=O)O. The molecule has 0 fully saturated rings. The molecule has 0 radical (unpaired) electrons. The summed E-state index contributed by atoms with van der Waals surface area (Å²) in [6.07, 6.45) is -0.0327. The van der Waals surface area contributed by atoms with Crippen molar-refractivity contribution in [2.24, 2.45) is 0 Å². The van der Waals surface area contributed by atoms with Gasteiger partial charge in [-0.2, -0.15) is 12.6 Å². The first kappa shape index (κ1) is 10.6. The minimum Gasteiger partial charge on any atom is -0.481 e. The first-order valence-electron chi connectivity index (χ1n) is 2.78. The number of carbonyl (C=O) groups is 2. The molecule has 0 aromatic rings. The average molecular weight is 196 g/mol. The Morgan fingerprint density at radius 1 is 1.45 bits per heavy atom. The second-order valence-corrected chi connectivity index (χ2v) is 3.78. The third-order valence-corrected chi connectivity index (χ3v) is 2.43. The predicted molar refractivity (Wildman–Crippen MR) is 45.1 cm³/mol. The van der Waals surface area contributed by atoms with Crippen molar-refractivity contribution < 1.29 is 19.8 Å². The highest BCUT2D eigenvalue weighted by atomic mass is 32.2. The van der Waals surface area contributed by atoms with Gasteiger partial charge in [-0.3, -0.25) is 9.59 Å². The van der Waals surface area contributed by atoms with Crippen LogP contribution in [0.2, 0.25) is 0 Å². The number of carboxylic acid groups (broad SMARTS) is 2. The second kappa shape index (κ2) is 5.31. The molecule has 0 spiro atoms. The Morgan fingerprint density at radius 2 is 2.00 bits per heavy atom. The smallest absolute Gasteiger partial charge is 0.326 e. The van der Waals surface area contributed by atoms with E-state index in [9.17, 15) is 9.59 Å². The van der Waals surface area contributed by atoms with Crippen molar-refractivity contribution in [3.63, 3.8) is 0 Å². The zero-order valence-electron chi connectivity index (χ0n) is 5.56. The molecule has 64 valence electrons. The van der Waals surface area contributed by atoms with Crippen molar-refractivity contribution in [2.45, 2.75) is 11.0 Å². The molecule has 0 rings (SSSR count). The lowest BCUT2D eigenvalue weighted by Gasteiger charge is -2.01. The maximum atomic E-state index is 10.1. The van der Waals surface area contributed by atoms with E-state index in [4.69, 9.17) is 10.2 Å². The minimum atomic E-state index is -1.04. The Morgan fingerprint density at radius 3 is 2.36 bits per heavy atom. The molecular weight excluding hydrogens is 188 g/mol. The van der Waals surface area contributed by atoms with E-state index in [0.29, 0.717) is 0 Å². The summed E-state index contributed by atoms with van der Waals surface area (Å²) in [5.74, 6) is -1.69. The summed E-state index contributed by atoms with van der Waals surface area (Å²) in [6, 6.07) is 0. The highest BCUT2D eigenvalue weighted by molar-refractivity contribution is 8.11. The monoisotopic (exact) mass is 196 g/mol. The number of hydrogen-bond acceptors (Lipinski definition) is 4. The van der Waals surface area contributed by atoms with Gasteiger partial charge in [0.25, 0.3) is 0 Å². The fourth-order valence-electron chi connectivity index (χ4n) is 0.329. The van der Waals surface area contributed by atoms with E-state index in [1.54, 1.807) is 0 Å². The fraction of sp³-hybridized carbons (Fsp3) is 0.600. The molecule has 1 atom stereocenters. The Kier molecular flexibility index (Phi) is 5.14. The van der Waals surface area contributed by atoms with Gasteiger partial charge in [0.1, 0.15) is 4.58 Å². The van der Waals surface area contributed by atoms with Crippen LogP contribution in [0.3, 0.4) is 0 Å². The number of rotatable bonds is 5. The highest BCUT2D eigenvalue weighted by Crippen LogP contribution is 2.15. The number of carboxylic acids is 2. The summed E-state index contributed by atoms with van der Waals surface area (Å²) in [4.78, 5) is 20.1. The number of thioether (sulfide) groups is 1. The van der Waals surface area contributed by atoms with Gasteiger partial charge in [0.2, 0.25) is 0 Å². The van der Waals surface area contributed by atoms with Crippen molar-refractivity contribution in [1.29, 1.82) is 0 Å². The normalized spacial score (nSPS) is 12.5. The van der Waals surface area contributed by atoms with Gasteiger partial charge in [-0.05, 0) is 0 Å². The molecule has 4 nitrogen and oxygen atoms in total. The van der Waals surface area contributed by atoms with Crippen molar-refractivity contribution in [3.05, 3.63) is 0 Å². The van der Waals surface area contributed by atoms with Crippen LogP contribution in [0.1, 0.15) is 6.42 Å². The largest absolute Gasteiger partial charge is 0.481 e. The molecule has 0 saturated carbocycles. The van der Waals surface area contributed by atoms with E-state index in [0.717, 1.165) is 11.8 Å². The number of aliphatic carboxylic acids is 2. The van der Waals surface area contributed by atoms with Crippen LogP contribution in [0.5, 0.6) is 0 Å². The summed E-state index contributed by atoms with van der Waals surface area (Å²) in [5, 5.41) is 16.5. The van der Waals surface area contributed by atoms with Gasteiger partial charge in [-0.25, -0.2) is 0 Å². The van der Waals surface area contributed by atoms with E-state index in [1.165, 1.54) is 0 Å². The number of hydrogen-bond donors (Lipinski definition) is 3. The zero-order valence-corrected chi connectivity index (χ0v) is 7.27. The first-order chi connectivity index (χ1) is 5.04. The summed E-state index contributed by atoms with van der Waals surface area (Å²) in [7, 11) is 0. The van der Waals surface area contributed by atoms with E-state index in [2.05, 4.69) is 12.6 Å². The Labute approximate surface area is 73.4 Å². The van der Waals surface area contributed by atoms with Crippen molar-refractivity contribution in [2.75, 3.05) is 5.75 Å². The molecule has 0 aromatic carbocycles. The van der Waals surface area contributed by atoms with Crippen LogP contribution in [0.25, 0.3) is 0 Å². The topological polar surface area (TPSA) is 74.6 Å². The van der Waals surface area contributed by atoms with E-state index >= 15 is 0 Å². The standard InChI is InChI=1S/C5H8O4S2/c6-3(7)1-2-11-5(10)4(8)9/h5,10H,1-2H2,(H,6,7)(H,8,9). The molecule has 1 unspecified atom stereocenters. The Bertz CT molecular complexity index is 159. The molecule has 11 heavy (non-hydrogen) atoms. The fourth-order valence-corrected chi connectivity index (χ4v) is 1.30. The summed E-state index contributed by atoms with van der Waals surface area (Å²) in [6.45, 7) is 0. The van der Waals surface area contributed by atoms with Crippen LogP contribution < -0.4 is 0 Å². The van der Waals surface area contributed by atoms with Crippen molar-refractivity contribution >= 4 is 36.3 Å². The molecule has 0 aromatic heterocycles. The van der Waals surface area contributed by atoms with Gasteiger partial charge in [-0.1, -0.05) is 0 Å². The van der Waals surface area contributed by atoms with Gasteiger partial charge >= 0.3 is 11.9 Å². The molecule has 6 heteroatoms. The molecule has 0 bridgehead atoms. The lowest BCUT2D eigenvalue weighted by atomic mass is 10.5. The molecular formula is C5H8O4S2. The highest BCUT2D eigenvalue weighted by Gasteiger charge is 2.12. The minimum absolute atomic E-state index is 0.0327. The number of thiol groups is 1. The lowest BCUT2D eigenvalue weighted by molar-refractivity contribution is -0.137. The van der Waals surface area contributed by atoms with Gasteiger partial charge in [0, 0.05) is 5.75 Å². The quantitative estimate of drug-likeness (QED) is 0.442. The Hall–Kier alpha value is -0.360. The van der Waals surface area contributed by atoms with E-state index in [1.807, 2.05) is 0 Å². The van der Waals surface area contributed by atoms with Gasteiger partial charge in [-0.15, -0.1) is 11.8 Å². The van der Waals surface area contributed by atoms with Crippen LogP contribution >= 0.6 is 24.4 Å². The maximum Gasteiger partial charge on any atom is 0.326 e. The van der Waals surface area contributed by atoms with Crippen LogP contribution in [0.15, 0.2) is 0 Å². The third-order valence-electron chi connectivity index (χ3n) is 0.803. The summed E-state index contributed by atoms with van der Waals surface area (Å²) >= 11 is 4.69. The molecule has 0 amide bonds. The molecule has 2 N–H and O–H groups in total. The van der Waals surface area contributed by atoms with Crippen LogP contribution in [0.4, 0.5) is 0 Å². The van der Waals surface area contributed by atoms with Crippen LogP contribution in [-0.4, -0.2) is 32.5 Å². The Balaban J connectivity index is 3.39. The lowest BCUT2D eigenvalue weighted by Crippen LogP contribution is -2.10. The van der Waals surface area contributed by atoms with Crippen molar-refractivity contribution in [1.82, 2.24) is 0 Å².